The Kier molecular flexibility index (Phi) is 28.9. The molecule has 4 nitrogen and oxygen atoms in total. The van der Waals surface area contributed by atoms with E-state index in [1.807, 2.05) is 13.8 Å². The van der Waals surface area contributed by atoms with Crippen molar-refractivity contribution in [1.82, 2.24) is 4.90 Å². The topological polar surface area (TPSA) is 49.7 Å². The number of hydrogen-bond donors (Lipinski definition) is 0. The number of nitrogens with zero attached hydrogens (tertiary/aromatic N) is 2. The zero-order valence-electron chi connectivity index (χ0n) is 84.0. The molecule has 126 heavy (non-hydrogen) atoms. The quantitative estimate of drug-likeness (QED) is 0.131. The van der Waals surface area contributed by atoms with Crippen molar-refractivity contribution in [2.24, 2.45) is 4.99 Å². The van der Waals surface area contributed by atoms with Gasteiger partial charge in [0.05, 0.1) is 22.2 Å². The standard InChI is InChI=1S/C31H36.C31H34.C21H25N.C19H21NO2.C17H22.CH4.W.Y/c2*1-15-12-28-26(22(8)17(15)3)14-27-23(9)18(4)16(2)13-29(27)31(28)30-24(10)20(6)19(5)21(7)25(30)11;1-10-12(3)16(7)20-18(14(10)5)9-19-15(6)11(2)13(4)17(8)21(19)22-20;1-8-10(3)14-11(4)9(2)13(6)16-17(14)15(12(8)5)18(21)20(7)19(16)22;1-9-8-16-13(5)11(3)12(4)15(7)17(16)14(6)10(9)2;;;/h12-13H,3,14H2,1-2,4-11H3;12-13H,14H2,1-10H3;1,9H2,2-8H3;1-7H3;1,8H2,2-7H3;1H4;;/q;-2;;;;;;. The molecule has 3 aliphatic carbocycles. The molecule has 1 radical (unpaired) electrons. The molecule has 0 bridgehead atoms. The van der Waals surface area contributed by atoms with Crippen LogP contribution in [0.1, 0.15) is 326 Å². The van der Waals surface area contributed by atoms with Crippen LogP contribution in [0, 0.1) is 262 Å². The SMILES string of the molecule is C.C=C1Cc2c(C)c(C)c(C)c(C)c2C(C)=C1C.C=c1c(C)c(C)c2c(c1C)Cc1c(C)c(C)c(C)c(C)c1N=2.C=c1c(C)cc2c(c1C)Cc1c(cc(C)c(C)c1C)C=2c1c(C)c(C)c(C)c(C)c1C.Cc1c(C)c2c3c(c(C)c(C)c(C)c3c1C)C(=O)N(C)C2=O.Cc1cc2c(c(C)c1C)Cc1c(cc(C)c(C)c1C)[C-]2c1c(C)c(C)c(C)c(C)c1[C-]=[W].[Y]. The molecule has 6 heteroatoms. The van der Waals surface area contributed by atoms with Crippen molar-refractivity contribution in [3.05, 3.63) is 364 Å². The molecule has 5 aliphatic rings. The van der Waals surface area contributed by atoms with Crippen LogP contribution in [-0.4, -0.2) is 28.2 Å². The monoisotopic (exact) mass is 1920 g/mol. The van der Waals surface area contributed by atoms with Crippen LogP contribution >= 0.6 is 0 Å². The van der Waals surface area contributed by atoms with Gasteiger partial charge in [-0.1, -0.05) is 39.3 Å². The Morgan fingerprint density at radius 1 is 0.325 bits per heavy atom. The van der Waals surface area contributed by atoms with E-state index >= 15 is 0 Å². The number of hydrogen-bond acceptors (Lipinski definition) is 3. The van der Waals surface area contributed by atoms with E-state index in [0.717, 1.165) is 58.7 Å². The van der Waals surface area contributed by atoms with Crippen molar-refractivity contribution < 1.29 is 61.7 Å². The molecule has 11 aromatic rings. The zero-order valence-corrected chi connectivity index (χ0v) is 89.7. The zero-order chi connectivity index (χ0) is 92.3. The molecular weight excluding hydrogens is 1770 g/mol. The number of aryl methyl sites for hydroxylation is 6. The van der Waals surface area contributed by atoms with Gasteiger partial charge < -0.3 is 0 Å². The van der Waals surface area contributed by atoms with Gasteiger partial charge in [-0.25, -0.2) is 4.99 Å². The predicted molar refractivity (Wildman–Crippen MR) is 537 cm³/mol. The molecule has 0 spiro atoms. The molecule has 0 aromatic heterocycles. The first-order chi connectivity index (χ1) is 57.8. The molecular formula is C120H142N2O2WY-2. The third-order valence-corrected chi connectivity index (χ3v) is 33.9. The molecule has 0 fully saturated rings. The third kappa shape index (κ3) is 15.7. The van der Waals surface area contributed by atoms with Crippen LogP contribution in [0.2, 0.25) is 0 Å². The van der Waals surface area contributed by atoms with E-state index in [0.29, 0.717) is 11.1 Å². The Bertz CT molecular complexity index is 6830. The Morgan fingerprint density at radius 2 is 0.698 bits per heavy atom. The summed E-state index contributed by atoms with van der Waals surface area (Å²) in [5.74, 6) is 1.04. The molecule has 2 amide bonds. The van der Waals surface area contributed by atoms with E-state index < -0.39 is 0 Å². The first kappa shape index (κ1) is 99.4. The van der Waals surface area contributed by atoms with E-state index in [1.165, 1.54) is 341 Å². The molecule has 0 atom stereocenters. The second-order valence-electron chi connectivity index (χ2n) is 38.3. The van der Waals surface area contributed by atoms with E-state index in [2.05, 4.69) is 305 Å². The van der Waals surface area contributed by atoms with Gasteiger partial charge in [-0.05, 0) is 452 Å². The number of allylic oxidation sites excluding steroid dienone is 3. The number of rotatable bonds is 3. The van der Waals surface area contributed by atoms with Crippen molar-refractivity contribution in [2.75, 3.05) is 7.05 Å². The molecule has 0 saturated carbocycles. The molecule has 655 valence electrons. The maximum absolute atomic E-state index is 12.7. The number of fused-ring (bicyclic) bond motifs is 7. The number of benzene rings is 11. The van der Waals surface area contributed by atoms with Crippen LogP contribution in [0.25, 0.3) is 35.1 Å². The minimum atomic E-state index is -0.189. The van der Waals surface area contributed by atoms with Gasteiger partial charge >= 0.3 is 206 Å². The van der Waals surface area contributed by atoms with E-state index in [-0.39, 0.29) is 52.0 Å². The molecule has 0 N–H and O–H groups in total. The van der Waals surface area contributed by atoms with Crippen molar-refractivity contribution in [3.8, 4) is 0 Å². The Labute approximate surface area is 795 Å². The molecule has 0 saturated heterocycles. The maximum Gasteiger partial charge on any atom is 0 e. The minimum Gasteiger partial charge on any atom is 0 e. The number of carbonyl (C=O) groups excluding carboxylic acids is 2. The van der Waals surface area contributed by atoms with Crippen LogP contribution in [0.4, 0.5) is 5.69 Å². The summed E-state index contributed by atoms with van der Waals surface area (Å²) in [6.07, 6.45) is 4.03. The molecule has 16 rings (SSSR count). The first-order valence-electron chi connectivity index (χ1n) is 44.9. The van der Waals surface area contributed by atoms with Crippen molar-refractivity contribution >= 4 is 57.0 Å². The van der Waals surface area contributed by atoms with Gasteiger partial charge in [-0.2, -0.15) is 0 Å². The van der Waals surface area contributed by atoms with Gasteiger partial charge in [-0.3, -0.25) is 14.5 Å². The fraction of sp³-hybridized carbons (Fsp3) is 0.375. The van der Waals surface area contributed by atoms with Gasteiger partial charge in [0.2, 0.25) is 0 Å². The summed E-state index contributed by atoms with van der Waals surface area (Å²) >= 11 is 1.39. The second kappa shape index (κ2) is 36.6. The first-order valence-corrected chi connectivity index (χ1v) is 46.4. The van der Waals surface area contributed by atoms with Crippen LogP contribution < -0.4 is 21.0 Å². The van der Waals surface area contributed by atoms with E-state index in [4.69, 9.17) is 4.99 Å². The average molecular weight is 1920 g/mol. The Morgan fingerprint density at radius 3 is 1.18 bits per heavy atom. The summed E-state index contributed by atoms with van der Waals surface area (Å²) < 4.78 is 3.68. The smallest absolute Gasteiger partial charge is 0 e. The molecule has 2 heterocycles. The van der Waals surface area contributed by atoms with Gasteiger partial charge in [-0.15, -0.1) is 0 Å². The molecule has 0 unspecified atom stereocenters. The fourth-order valence-corrected chi connectivity index (χ4v) is 22.3. The third-order valence-electron chi connectivity index (χ3n) is 33.2. The number of amides is 2. The number of imide groups is 1. The summed E-state index contributed by atoms with van der Waals surface area (Å²) in [6, 6.07) is 9.76. The summed E-state index contributed by atoms with van der Waals surface area (Å²) in [7, 11) is 1.57. The second-order valence-corrected chi connectivity index (χ2v) is 39.0. The van der Waals surface area contributed by atoms with E-state index in [9.17, 15) is 9.59 Å². The van der Waals surface area contributed by atoms with Gasteiger partial charge in [0, 0.05) is 51.6 Å². The normalized spacial score (nSPS) is 13.1. The fourth-order valence-electron chi connectivity index (χ4n) is 21.4. The Balaban J connectivity index is 0.000000167. The van der Waals surface area contributed by atoms with Crippen LogP contribution in [0.15, 0.2) is 47.0 Å². The van der Waals surface area contributed by atoms with Gasteiger partial charge in [0.1, 0.15) is 0 Å². The minimum absolute atomic E-state index is 0. The summed E-state index contributed by atoms with van der Waals surface area (Å²) in [6.45, 7) is 99.6. The van der Waals surface area contributed by atoms with Crippen molar-refractivity contribution in [2.45, 2.75) is 303 Å². The average Bonchev–Trinajstić information content (AvgIpc) is 0.726. The van der Waals surface area contributed by atoms with Crippen molar-refractivity contribution in [3.63, 3.8) is 0 Å². The van der Waals surface area contributed by atoms with E-state index in [1.54, 1.807) is 7.05 Å². The van der Waals surface area contributed by atoms with Crippen molar-refractivity contribution in [1.29, 1.82) is 0 Å². The summed E-state index contributed by atoms with van der Waals surface area (Å²) in [5, 5.41) is 6.88. The van der Waals surface area contributed by atoms with Crippen LogP contribution in [0.3, 0.4) is 0 Å². The van der Waals surface area contributed by atoms with Gasteiger partial charge in [0.15, 0.2) is 0 Å². The summed E-state index contributed by atoms with van der Waals surface area (Å²) in [4.78, 5) is 31.8. The van der Waals surface area contributed by atoms with Crippen LogP contribution in [-0.2, 0) is 77.7 Å². The van der Waals surface area contributed by atoms with Gasteiger partial charge in [0.25, 0.3) is 11.8 Å². The maximum atomic E-state index is 12.7. The molecule has 11 aromatic carbocycles. The summed E-state index contributed by atoms with van der Waals surface area (Å²) in [5.41, 5.74) is 78.1. The predicted octanol–water partition coefficient (Wildman–Crippen LogP) is 27.1. The Hall–Kier alpha value is -8.76. The largest absolute Gasteiger partial charge is 0 e. The molecule has 2 aliphatic heterocycles. The number of carbonyl (C=O) groups is 2. The van der Waals surface area contributed by atoms with Crippen LogP contribution in [0.5, 0.6) is 0 Å².